The third-order valence-electron chi connectivity index (χ3n) is 4.20. The molecule has 1 aliphatic rings. The van der Waals surface area contributed by atoms with Crippen molar-refractivity contribution in [2.75, 3.05) is 6.61 Å². The summed E-state index contributed by atoms with van der Waals surface area (Å²) in [5, 5.41) is 8.43. The fourth-order valence-electron chi connectivity index (χ4n) is 3.07. The molecule has 0 atom stereocenters. The van der Waals surface area contributed by atoms with Crippen LogP contribution in [0.2, 0.25) is 0 Å². The Kier molecular flexibility index (Phi) is 4.69. The van der Waals surface area contributed by atoms with Crippen LogP contribution < -0.4 is 0 Å². The zero-order chi connectivity index (χ0) is 15.6. The lowest BCUT2D eigenvalue weighted by Crippen LogP contribution is -2.27. The number of carbonyl (C=O) groups excluding carboxylic acids is 1. The van der Waals surface area contributed by atoms with E-state index < -0.39 is 0 Å². The molecule has 21 heavy (non-hydrogen) atoms. The van der Waals surface area contributed by atoms with E-state index in [-0.39, 0.29) is 11.4 Å². The molecular formula is C16H27N3O2. The number of esters is 1. The molecule has 5 heteroatoms. The fourth-order valence-corrected chi connectivity index (χ4v) is 3.07. The first-order valence-corrected chi connectivity index (χ1v) is 7.97. The topological polar surface area (TPSA) is 57.0 Å². The molecule has 1 fully saturated rings. The molecule has 0 radical (unpaired) electrons. The van der Waals surface area contributed by atoms with Gasteiger partial charge < -0.3 is 4.74 Å². The van der Waals surface area contributed by atoms with Gasteiger partial charge in [0.2, 0.25) is 0 Å². The molecule has 5 nitrogen and oxygen atoms in total. The fraction of sp³-hybridized carbons (Fsp3) is 0.812. The summed E-state index contributed by atoms with van der Waals surface area (Å²) in [6.45, 7) is 10.7. The van der Waals surface area contributed by atoms with E-state index in [0.29, 0.717) is 18.3 Å². The van der Waals surface area contributed by atoms with E-state index in [1.807, 2.05) is 11.6 Å². The molecular weight excluding hydrogens is 266 g/mol. The lowest BCUT2D eigenvalue weighted by molar-refractivity contribution is 0.0516. The van der Waals surface area contributed by atoms with Crippen LogP contribution in [-0.2, 0) is 10.2 Å². The summed E-state index contributed by atoms with van der Waals surface area (Å²) in [6, 6.07) is 0.353. The Labute approximate surface area is 127 Å². The minimum absolute atomic E-state index is 0.186. The molecule has 0 N–H and O–H groups in total. The molecule has 0 amide bonds. The Balaban J connectivity index is 2.36. The third-order valence-corrected chi connectivity index (χ3v) is 4.20. The number of hydrogen-bond acceptors (Lipinski definition) is 4. The molecule has 0 aromatic carbocycles. The van der Waals surface area contributed by atoms with Gasteiger partial charge in [-0.25, -0.2) is 9.48 Å². The second-order valence-electron chi connectivity index (χ2n) is 7.12. The summed E-state index contributed by atoms with van der Waals surface area (Å²) in [5.41, 5.74) is 1.10. The van der Waals surface area contributed by atoms with Crippen LogP contribution in [0.15, 0.2) is 0 Å². The summed E-state index contributed by atoms with van der Waals surface area (Å²) in [7, 11) is 0. The van der Waals surface area contributed by atoms with Crippen molar-refractivity contribution in [3.63, 3.8) is 0 Å². The summed E-state index contributed by atoms with van der Waals surface area (Å²) >= 11 is 0. The molecule has 0 bridgehead atoms. The Morgan fingerprint density at radius 1 is 1.29 bits per heavy atom. The van der Waals surface area contributed by atoms with Gasteiger partial charge in [0.05, 0.1) is 18.3 Å². The molecule has 0 spiro atoms. The minimum atomic E-state index is -0.363. The average molecular weight is 293 g/mol. The van der Waals surface area contributed by atoms with Crippen molar-refractivity contribution in [3.8, 4) is 0 Å². The van der Waals surface area contributed by atoms with Gasteiger partial charge in [-0.05, 0) is 38.5 Å². The highest BCUT2D eigenvalue weighted by Crippen LogP contribution is 2.35. The molecule has 0 aliphatic heterocycles. The SMILES string of the molecule is CCOC(=O)c1nnn(C2CCC(C)CC2)c1C(C)(C)C. The molecule has 1 aliphatic carbocycles. The van der Waals surface area contributed by atoms with Gasteiger partial charge >= 0.3 is 5.97 Å². The van der Waals surface area contributed by atoms with Crippen molar-refractivity contribution in [1.29, 1.82) is 0 Å². The second-order valence-corrected chi connectivity index (χ2v) is 7.12. The van der Waals surface area contributed by atoms with E-state index in [2.05, 4.69) is 38.0 Å². The van der Waals surface area contributed by atoms with E-state index in [9.17, 15) is 4.79 Å². The second kappa shape index (κ2) is 6.16. The summed E-state index contributed by atoms with van der Waals surface area (Å²) in [6.07, 6.45) is 4.64. The smallest absolute Gasteiger partial charge is 0.360 e. The molecule has 1 heterocycles. The van der Waals surface area contributed by atoms with Crippen LogP contribution in [-0.4, -0.2) is 27.6 Å². The summed E-state index contributed by atoms with van der Waals surface area (Å²) in [5.74, 6) is 0.422. The predicted molar refractivity (Wildman–Crippen MR) is 81.3 cm³/mol. The third kappa shape index (κ3) is 3.44. The first kappa shape index (κ1) is 16.0. The van der Waals surface area contributed by atoms with Crippen LogP contribution >= 0.6 is 0 Å². The summed E-state index contributed by atoms with van der Waals surface area (Å²) < 4.78 is 7.11. The van der Waals surface area contributed by atoms with Crippen molar-refractivity contribution in [2.45, 2.75) is 71.8 Å². The molecule has 0 saturated heterocycles. The van der Waals surface area contributed by atoms with Crippen LogP contribution in [0.25, 0.3) is 0 Å². The van der Waals surface area contributed by atoms with Gasteiger partial charge in [-0.2, -0.15) is 0 Å². The minimum Gasteiger partial charge on any atom is -0.461 e. The highest BCUT2D eigenvalue weighted by Gasteiger charge is 2.33. The number of hydrogen-bond donors (Lipinski definition) is 0. The Morgan fingerprint density at radius 3 is 2.43 bits per heavy atom. The van der Waals surface area contributed by atoms with E-state index in [1.54, 1.807) is 0 Å². The van der Waals surface area contributed by atoms with Crippen LogP contribution in [0.1, 0.15) is 82.5 Å². The number of carbonyl (C=O) groups is 1. The summed E-state index contributed by atoms with van der Waals surface area (Å²) in [4.78, 5) is 12.1. The van der Waals surface area contributed by atoms with Gasteiger partial charge in [0.1, 0.15) is 0 Å². The van der Waals surface area contributed by atoms with E-state index in [1.165, 1.54) is 12.8 Å². The first-order chi connectivity index (χ1) is 9.84. The predicted octanol–water partition coefficient (Wildman–Crippen LogP) is 3.50. The lowest BCUT2D eigenvalue weighted by atomic mass is 9.85. The quantitative estimate of drug-likeness (QED) is 0.800. The molecule has 1 saturated carbocycles. The van der Waals surface area contributed by atoms with Crippen LogP contribution in [0, 0.1) is 5.92 Å². The Morgan fingerprint density at radius 2 is 1.90 bits per heavy atom. The number of aromatic nitrogens is 3. The highest BCUT2D eigenvalue weighted by atomic mass is 16.5. The van der Waals surface area contributed by atoms with E-state index in [0.717, 1.165) is 24.5 Å². The molecule has 0 unspecified atom stereocenters. The van der Waals surface area contributed by atoms with Crippen LogP contribution in [0.3, 0.4) is 0 Å². The zero-order valence-corrected chi connectivity index (χ0v) is 13.8. The van der Waals surface area contributed by atoms with Gasteiger partial charge in [0, 0.05) is 5.41 Å². The normalized spacial score (nSPS) is 23.1. The van der Waals surface area contributed by atoms with Gasteiger partial charge in [0.25, 0.3) is 0 Å². The van der Waals surface area contributed by atoms with E-state index >= 15 is 0 Å². The van der Waals surface area contributed by atoms with Gasteiger partial charge in [-0.15, -0.1) is 5.10 Å². The molecule has 2 rings (SSSR count). The van der Waals surface area contributed by atoms with Crippen molar-refractivity contribution in [2.24, 2.45) is 5.92 Å². The van der Waals surface area contributed by atoms with Crippen LogP contribution in [0.4, 0.5) is 0 Å². The van der Waals surface area contributed by atoms with Crippen molar-refractivity contribution < 1.29 is 9.53 Å². The largest absolute Gasteiger partial charge is 0.461 e. The number of nitrogens with zero attached hydrogens (tertiary/aromatic N) is 3. The Hall–Kier alpha value is -1.39. The maximum absolute atomic E-state index is 12.1. The molecule has 1 aromatic heterocycles. The molecule has 118 valence electrons. The lowest BCUT2D eigenvalue weighted by Gasteiger charge is -2.30. The standard InChI is InChI=1S/C16H27N3O2/c1-6-21-15(20)13-14(16(3,4)5)19(18-17-13)12-9-7-11(2)8-10-12/h11-12H,6-10H2,1-5H3. The van der Waals surface area contributed by atoms with Crippen molar-refractivity contribution in [1.82, 2.24) is 15.0 Å². The van der Waals surface area contributed by atoms with Crippen molar-refractivity contribution in [3.05, 3.63) is 11.4 Å². The maximum atomic E-state index is 12.1. The van der Waals surface area contributed by atoms with Gasteiger partial charge in [-0.1, -0.05) is 32.9 Å². The monoisotopic (exact) mass is 293 g/mol. The number of rotatable bonds is 3. The van der Waals surface area contributed by atoms with Gasteiger partial charge in [0.15, 0.2) is 5.69 Å². The van der Waals surface area contributed by atoms with Gasteiger partial charge in [-0.3, -0.25) is 0 Å². The Bertz CT molecular complexity index is 494. The van der Waals surface area contributed by atoms with Crippen molar-refractivity contribution >= 4 is 5.97 Å². The average Bonchev–Trinajstić information content (AvgIpc) is 2.84. The molecule has 1 aromatic rings. The number of ether oxygens (including phenoxy) is 1. The highest BCUT2D eigenvalue weighted by molar-refractivity contribution is 5.88. The van der Waals surface area contributed by atoms with E-state index in [4.69, 9.17) is 4.74 Å². The first-order valence-electron chi connectivity index (χ1n) is 7.97. The maximum Gasteiger partial charge on any atom is 0.360 e. The van der Waals surface area contributed by atoms with Crippen LogP contribution in [0.5, 0.6) is 0 Å². The zero-order valence-electron chi connectivity index (χ0n) is 13.8.